The van der Waals surface area contributed by atoms with Crippen molar-refractivity contribution >= 4 is 17.2 Å². The van der Waals surface area contributed by atoms with Gasteiger partial charge < -0.3 is 4.90 Å². The summed E-state index contributed by atoms with van der Waals surface area (Å²) in [5, 5.41) is 0. The average molecular weight is 145 g/mol. The molecule has 2 heteroatoms. The summed E-state index contributed by atoms with van der Waals surface area (Å²) in [6.07, 6.45) is 1.03. The largest absolute Gasteiger partial charge is 0.372 e. The van der Waals surface area contributed by atoms with Crippen LogP contribution in [0.4, 0.5) is 0 Å². The molecule has 1 nitrogen and oxygen atoms in total. The zero-order valence-corrected chi connectivity index (χ0v) is 7.46. The minimum absolute atomic E-state index is 0.680. The van der Waals surface area contributed by atoms with Crippen LogP contribution in [-0.4, -0.2) is 24.0 Å². The number of nitrogens with zero attached hydrogens (tertiary/aromatic N) is 1. The summed E-state index contributed by atoms with van der Waals surface area (Å²) >= 11 is 5.08. The first-order valence-electron chi connectivity index (χ1n) is 3.24. The van der Waals surface area contributed by atoms with E-state index in [1.165, 1.54) is 0 Å². The molecule has 54 valence electrons. The smallest absolute Gasteiger partial charge is 0.0776 e. The monoisotopic (exact) mass is 145 g/mol. The normalized spacial score (nSPS) is 9.89. The van der Waals surface area contributed by atoms with Crippen LogP contribution in [0.3, 0.4) is 0 Å². The highest BCUT2D eigenvalue weighted by Gasteiger charge is 2.00. The topological polar surface area (TPSA) is 3.24 Å². The Hall–Kier alpha value is -0.110. The van der Waals surface area contributed by atoms with Crippen molar-refractivity contribution in [1.82, 2.24) is 4.90 Å². The molecule has 0 unspecified atom stereocenters. The summed E-state index contributed by atoms with van der Waals surface area (Å²) in [4.78, 5) is 3.04. The van der Waals surface area contributed by atoms with E-state index in [4.69, 9.17) is 12.2 Å². The van der Waals surface area contributed by atoms with Crippen molar-refractivity contribution in [3.8, 4) is 0 Å². The molecule has 0 saturated carbocycles. The summed E-state index contributed by atoms with van der Waals surface area (Å²) in [6, 6.07) is 0. The standard InChI is InChI=1S/C7H15NS/c1-6(2)5-7(9)8(3)4/h6H,5H2,1-4H3. The van der Waals surface area contributed by atoms with E-state index in [9.17, 15) is 0 Å². The lowest BCUT2D eigenvalue weighted by molar-refractivity contribution is 0.579. The molecule has 9 heavy (non-hydrogen) atoms. The molecule has 0 bridgehead atoms. The Morgan fingerprint density at radius 3 is 2.00 bits per heavy atom. The quantitative estimate of drug-likeness (QED) is 0.546. The van der Waals surface area contributed by atoms with Crippen LogP contribution in [0, 0.1) is 5.92 Å². The summed E-state index contributed by atoms with van der Waals surface area (Å²) in [5.41, 5.74) is 0. The van der Waals surface area contributed by atoms with Crippen LogP contribution in [0.25, 0.3) is 0 Å². The van der Waals surface area contributed by atoms with Crippen LogP contribution >= 0.6 is 12.2 Å². The van der Waals surface area contributed by atoms with E-state index in [1.807, 2.05) is 19.0 Å². The molecule has 0 aliphatic carbocycles. The molecular formula is C7H15NS. The molecule has 0 aromatic rings. The van der Waals surface area contributed by atoms with Crippen LogP contribution in [-0.2, 0) is 0 Å². The van der Waals surface area contributed by atoms with Gasteiger partial charge in [0.05, 0.1) is 4.99 Å². The summed E-state index contributed by atoms with van der Waals surface area (Å²) in [7, 11) is 3.98. The lowest BCUT2D eigenvalue weighted by Crippen LogP contribution is -2.20. The van der Waals surface area contributed by atoms with Gasteiger partial charge in [0.15, 0.2) is 0 Å². The van der Waals surface area contributed by atoms with Gasteiger partial charge in [-0.3, -0.25) is 0 Å². The second-order valence-corrected chi connectivity index (χ2v) is 3.36. The van der Waals surface area contributed by atoms with Crippen molar-refractivity contribution in [2.24, 2.45) is 5.92 Å². The van der Waals surface area contributed by atoms with Crippen LogP contribution in [0.15, 0.2) is 0 Å². The molecule has 0 radical (unpaired) electrons. The molecule has 0 aliphatic rings. The Morgan fingerprint density at radius 1 is 1.44 bits per heavy atom. The summed E-state index contributed by atoms with van der Waals surface area (Å²) in [6.45, 7) is 4.35. The van der Waals surface area contributed by atoms with Crippen LogP contribution < -0.4 is 0 Å². The van der Waals surface area contributed by atoms with Gasteiger partial charge in [-0.25, -0.2) is 0 Å². The number of hydrogen-bond donors (Lipinski definition) is 0. The van der Waals surface area contributed by atoms with Crippen molar-refractivity contribution in [2.75, 3.05) is 14.1 Å². The van der Waals surface area contributed by atoms with Crippen molar-refractivity contribution in [2.45, 2.75) is 20.3 Å². The molecule has 0 fully saturated rings. The van der Waals surface area contributed by atoms with Gasteiger partial charge >= 0.3 is 0 Å². The molecule has 0 aliphatic heterocycles. The predicted octanol–water partition coefficient (Wildman–Crippen LogP) is 1.92. The molecule has 0 aromatic carbocycles. The van der Waals surface area contributed by atoms with E-state index in [0.29, 0.717) is 5.92 Å². The van der Waals surface area contributed by atoms with E-state index in [-0.39, 0.29) is 0 Å². The minimum atomic E-state index is 0.680. The fourth-order valence-corrected chi connectivity index (χ4v) is 0.865. The minimum Gasteiger partial charge on any atom is -0.372 e. The van der Waals surface area contributed by atoms with Gasteiger partial charge in [0.25, 0.3) is 0 Å². The lowest BCUT2D eigenvalue weighted by atomic mass is 10.1. The third-order valence-electron chi connectivity index (χ3n) is 1.08. The van der Waals surface area contributed by atoms with Gasteiger partial charge in [0.2, 0.25) is 0 Å². The first-order chi connectivity index (χ1) is 4.04. The molecule has 0 heterocycles. The molecule has 0 atom stereocenters. The van der Waals surface area contributed by atoms with Crippen molar-refractivity contribution in [1.29, 1.82) is 0 Å². The lowest BCUT2D eigenvalue weighted by Gasteiger charge is -2.14. The van der Waals surface area contributed by atoms with Crippen LogP contribution in [0.5, 0.6) is 0 Å². The maximum Gasteiger partial charge on any atom is 0.0776 e. The first kappa shape index (κ1) is 8.89. The highest BCUT2D eigenvalue weighted by Crippen LogP contribution is 2.02. The SMILES string of the molecule is CC(C)CC(=S)N(C)C. The van der Waals surface area contributed by atoms with E-state index in [2.05, 4.69) is 13.8 Å². The fraction of sp³-hybridized carbons (Fsp3) is 0.857. The second-order valence-electron chi connectivity index (χ2n) is 2.89. The highest BCUT2D eigenvalue weighted by molar-refractivity contribution is 7.80. The summed E-state index contributed by atoms with van der Waals surface area (Å²) < 4.78 is 0. The Labute approximate surface area is 63.0 Å². The Kier molecular flexibility index (Phi) is 3.78. The first-order valence-corrected chi connectivity index (χ1v) is 3.65. The van der Waals surface area contributed by atoms with Gasteiger partial charge in [-0.2, -0.15) is 0 Å². The van der Waals surface area contributed by atoms with E-state index >= 15 is 0 Å². The second kappa shape index (κ2) is 3.83. The zero-order valence-electron chi connectivity index (χ0n) is 6.64. The molecule has 0 saturated heterocycles. The van der Waals surface area contributed by atoms with Gasteiger partial charge in [0.1, 0.15) is 0 Å². The molecule has 0 rings (SSSR count). The molecular weight excluding hydrogens is 130 g/mol. The van der Waals surface area contributed by atoms with Crippen molar-refractivity contribution in [3.05, 3.63) is 0 Å². The van der Waals surface area contributed by atoms with Gasteiger partial charge in [0, 0.05) is 20.5 Å². The molecule has 0 amide bonds. The zero-order chi connectivity index (χ0) is 7.44. The number of hydrogen-bond acceptors (Lipinski definition) is 1. The van der Waals surface area contributed by atoms with Crippen LogP contribution in [0.2, 0.25) is 0 Å². The number of rotatable bonds is 2. The maximum atomic E-state index is 5.08. The van der Waals surface area contributed by atoms with E-state index in [0.717, 1.165) is 11.4 Å². The fourth-order valence-electron chi connectivity index (χ4n) is 0.532. The van der Waals surface area contributed by atoms with Gasteiger partial charge in [-0.05, 0) is 5.92 Å². The molecule has 0 N–H and O–H groups in total. The van der Waals surface area contributed by atoms with Crippen LogP contribution in [0.1, 0.15) is 20.3 Å². The third kappa shape index (κ3) is 4.40. The van der Waals surface area contributed by atoms with Gasteiger partial charge in [-0.15, -0.1) is 0 Å². The third-order valence-corrected chi connectivity index (χ3v) is 1.61. The Balaban J connectivity index is 3.51. The van der Waals surface area contributed by atoms with Crippen molar-refractivity contribution in [3.63, 3.8) is 0 Å². The van der Waals surface area contributed by atoms with E-state index in [1.54, 1.807) is 0 Å². The van der Waals surface area contributed by atoms with Crippen molar-refractivity contribution < 1.29 is 0 Å². The summed E-state index contributed by atoms with van der Waals surface area (Å²) in [5.74, 6) is 0.680. The number of thiocarbonyl (C=S) groups is 1. The van der Waals surface area contributed by atoms with Gasteiger partial charge in [-0.1, -0.05) is 26.1 Å². The molecule has 0 aromatic heterocycles. The molecule has 0 spiro atoms. The average Bonchev–Trinajstić information content (AvgIpc) is 1.63. The predicted molar refractivity (Wildman–Crippen MR) is 45.7 cm³/mol. The Bertz CT molecular complexity index is 97.1. The van der Waals surface area contributed by atoms with E-state index < -0.39 is 0 Å². The Morgan fingerprint density at radius 2 is 1.89 bits per heavy atom. The highest BCUT2D eigenvalue weighted by atomic mass is 32.1. The maximum absolute atomic E-state index is 5.08.